The summed E-state index contributed by atoms with van der Waals surface area (Å²) in [6.45, 7) is 2.76. The summed E-state index contributed by atoms with van der Waals surface area (Å²) in [5.41, 5.74) is 1.26. The summed E-state index contributed by atoms with van der Waals surface area (Å²) in [6.07, 6.45) is 0.989. The molecule has 2 rings (SSSR count). The van der Waals surface area contributed by atoms with E-state index >= 15 is 0 Å². The van der Waals surface area contributed by atoms with E-state index in [-0.39, 0.29) is 0 Å². The minimum atomic E-state index is 0.632. The van der Waals surface area contributed by atoms with E-state index in [2.05, 4.69) is 33.8 Å². The third-order valence-corrected chi connectivity index (χ3v) is 3.07. The summed E-state index contributed by atoms with van der Waals surface area (Å²) in [4.78, 5) is 5.41. The Morgan fingerprint density at radius 1 is 1.53 bits per heavy atom. The van der Waals surface area contributed by atoms with Gasteiger partial charge < -0.3 is 9.84 Å². The fourth-order valence-corrected chi connectivity index (χ4v) is 2.29. The van der Waals surface area contributed by atoms with Crippen molar-refractivity contribution in [2.24, 2.45) is 0 Å². The fourth-order valence-electron chi connectivity index (χ4n) is 1.38. The minimum absolute atomic E-state index is 0.632. The second kappa shape index (κ2) is 4.55. The number of nitrogens with zero attached hydrogens (tertiary/aromatic N) is 2. The number of thiophene rings is 1. The van der Waals surface area contributed by atoms with Crippen molar-refractivity contribution in [3.63, 3.8) is 0 Å². The molecule has 1 N–H and O–H groups in total. The van der Waals surface area contributed by atoms with E-state index < -0.39 is 0 Å². The highest BCUT2D eigenvalue weighted by molar-refractivity contribution is 7.13. The molecule has 0 saturated carbocycles. The van der Waals surface area contributed by atoms with Crippen LogP contribution in [0.4, 0.5) is 0 Å². The summed E-state index contributed by atoms with van der Waals surface area (Å²) in [5.74, 6) is 1.33. The van der Waals surface area contributed by atoms with Gasteiger partial charge in [-0.2, -0.15) is 4.98 Å². The summed E-state index contributed by atoms with van der Waals surface area (Å²) < 4.78 is 5.21. The van der Waals surface area contributed by atoms with Gasteiger partial charge in [-0.15, -0.1) is 11.3 Å². The average molecular weight is 223 g/mol. The molecule has 15 heavy (non-hydrogen) atoms. The summed E-state index contributed by atoms with van der Waals surface area (Å²) in [6, 6.07) is 2.10. The third-order valence-electron chi connectivity index (χ3n) is 2.12. The second-order valence-corrected chi connectivity index (χ2v) is 4.09. The zero-order valence-electron chi connectivity index (χ0n) is 8.78. The van der Waals surface area contributed by atoms with Crippen molar-refractivity contribution in [3.8, 4) is 10.8 Å². The van der Waals surface area contributed by atoms with Gasteiger partial charge in [0.25, 0.3) is 5.89 Å². The highest BCUT2D eigenvalue weighted by atomic mass is 32.1. The Bertz CT molecular complexity index is 435. The van der Waals surface area contributed by atoms with Gasteiger partial charge in [0, 0.05) is 0 Å². The van der Waals surface area contributed by atoms with Crippen LogP contribution >= 0.6 is 11.3 Å². The maximum atomic E-state index is 5.21. The molecular weight excluding hydrogens is 210 g/mol. The first-order valence-electron chi connectivity index (χ1n) is 4.89. The topological polar surface area (TPSA) is 51.0 Å². The standard InChI is InChI=1S/C10H13N3OS/c1-3-7-4-5-15-9(7)10-12-8(6-11-2)13-14-10/h4-5,11H,3,6H2,1-2H3. The van der Waals surface area contributed by atoms with Gasteiger partial charge in [-0.1, -0.05) is 12.1 Å². The van der Waals surface area contributed by atoms with Crippen molar-refractivity contribution in [1.82, 2.24) is 15.5 Å². The molecule has 0 aliphatic carbocycles. The second-order valence-electron chi connectivity index (χ2n) is 3.17. The van der Waals surface area contributed by atoms with Crippen LogP contribution in [0.3, 0.4) is 0 Å². The number of rotatable bonds is 4. The quantitative estimate of drug-likeness (QED) is 0.862. The van der Waals surface area contributed by atoms with Crippen LogP contribution < -0.4 is 5.32 Å². The number of nitrogens with one attached hydrogen (secondary N) is 1. The zero-order chi connectivity index (χ0) is 10.7. The number of aryl methyl sites for hydroxylation is 1. The van der Waals surface area contributed by atoms with Gasteiger partial charge in [-0.3, -0.25) is 0 Å². The van der Waals surface area contributed by atoms with Crippen molar-refractivity contribution in [1.29, 1.82) is 0 Å². The molecule has 0 atom stereocenters. The maximum absolute atomic E-state index is 5.21. The monoisotopic (exact) mass is 223 g/mol. The molecule has 5 heteroatoms. The lowest BCUT2D eigenvalue weighted by atomic mass is 10.2. The zero-order valence-corrected chi connectivity index (χ0v) is 9.60. The van der Waals surface area contributed by atoms with E-state index in [1.807, 2.05) is 7.05 Å². The number of hydrogen-bond acceptors (Lipinski definition) is 5. The van der Waals surface area contributed by atoms with Crippen LogP contribution in [0.5, 0.6) is 0 Å². The van der Waals surface area contributed by atoms with E-state index in [9.17, 15) is 0 Å². The van der Waals surface area contributed by atoms with E-state index in [0.717, 1.165) is 11.3 Å². The smallest absolute Gasteiger partial charge is 0.268 e. The molecule has 80 valence electrons. The molecule has 2 heterocycles. The molecule has 0 amide bonds. The molecule has 0 aliphatic heterocycles. The molecule has 0 aliphatic rings. The summed E-state index contributed by atoms with van der Waals surface area (Å²) in [5, 5.41) is 8.94. The first-order valence-corrected chi connectivity index (χ1v) is 5.77. The lowest BCUT2D eigenvalue weighted by Crippen LogP contribution is -2.06. The van der Waals surface area contributed by atoms with E-state index in [4.69, 9.17) is 4.52 Å². The van der Waals surface area contributed by atoms with Gasteiger partial charge in [0.2, 0.25) is 0 Å². The molecule has 4 nitrogen and oxygen atoms in total. The summed E-state index contributed by atoms with van der Waals surface area (Å²) >= 11 is 1.64. The van der Waals surface area contributed by atoms with Gasteiger partial charge in [-0.05, 0) is 30.5 Å². The largest absolute Gasteiger partial charge is 0.333 e. The normalized spacial score (nSPS) is 10.8. The van der Waals surface area contributed by atoms with Crippen LogP contribution in [0.15, 0.2) is 16.0 Å². The van der Waals surface area contributed by atoms with Gasteiger partial charge in [0.05, 0.1) is 11.4 Å². The Morgan fingerprint density at radius 2 is 2.40 bits per heavy atom. The van der Waals surface area contributed by atoms with Crippen LogP contribution in [-0.4, -0.2) is 17.2 Å². The SMILES string of the molecule is CCc1ccsc1-c1nc(CNC)no1. The van der Waals surface area contributed by atoms with Crippen molar-refractivity contribution < 1.29 is 4.52 Å². The average Bonchev–Trinajstić information content (AvgIpc) is 2.84. The third kappa shape index (κ3) is 2.08. The van der Waals surface area contributed by atoms with Crippen LogP contribution in [0.25, 0.3) is 10.8 Å². The molecular formula is C10H13N3OS. The molecule has 0 bridgehead atoms. The van der Waals surface area contributed by atoms with Gasteiger partial charge in [0.1, 0.15) is 0 Å². The molecule has 0 unspecified atom stereocenters. The van der Waals surface area contributed by atoms with Crippen LogP contribution in [-0.2, 0) is 13.0 Å². The Morgan fingerprint density at radius 3 is 3.13 bits per heavy atom. The van der Waals surface area contributed by atoms with E-state index in [0.29, 0.717) is 18.3 Å². The lowest BCUT2D eigenvalue weighted by molar-refractivity contribution is 0.421. The van der Waals surface area contributed by atoms with Gasteiger partial charge in [-0.25, -0.2) is 0 Å². The minimum Gasteiger partial charge on any atom is -0.333 e. The molecule has 0 radical (unpaired) electrons. The predicted molar refractivity (Wildman–Crippen MR) is 59.8 cm³/mol. The van der Waals surface area contributed by atoms with Crippen molar-refractivity contribution in [3.05, 3.63) is 22.8 Å². The van der Waals surface area contributed by atoms with Crippen LogP contribution in [0.2, 0.25) is 0 Å². The number of aromatic nitrogens is 2. The van der Waals surface area contributed by atoms with Crippen molar-refractivity contribution >= 4 is 11.3 Å². The maximum Gasteiger partial charge on any atom is 0.268 e. The Balaban J connectivity index is 2.28. The Hall–Kier alpha value is -1.20. The lowest BCUT2D eigenvalue weighted by Gasteiger charge is -1.93. The highest BCUT2D eigenvalue weighted by Gasteiger charge is 2.12. The van der Waals surface area contributed by atoms with Crippen LogP contribution in [0.1, 0.15) is 18.3 Å². The van der Waals surface area contributed by atoms with Gasteiger partial charge >= 0.3 is 0 Å². The van der Waals surface area contributed by atoms with Gasteiger partial charge in [0.15, 0.2) is 5.82 Å². The predicted octanol–water partition coefficient (Wildman–Crippen LogP) is 2.08. The van der Waals surface area contributed by atoms with E-state index in [1.54, 1.807) is 11.3 Å². The first kappa shape index (κ1) is 10.3. The Labute approximate surface area is 92.3 Å². The molecule has 0 saturated heterocycles. The first-order chi connectivity index (χ1) is 7.35. The van der Waals surface area contributed by atoms with Crippen LogP contribution in [0, 0.1) is 0 Å². The fraction of sp³-hybridized carbons (Fsp3) is 0.400. The van der Waals surface area contributed by atoms with Crippen molar-refractivity contribution in [2.75, 3.05) is 7.05 Å². The molecule has 0 aromatic carbocycles. The molecule has 0 fully saturated rings. The summed E-state index contributed by atoms with van der Waals surface area (Å²) in [7, 11) is 1.86. The number of hydrogen-bond donors (Lipinski definition) is 1. The van der Waals surface area contributed by atoms with E-state index in [1.165, 1.54) is 5.56 Å². The molecule has 2 aromatic rings. The van der Waals surface area contributed by atoms with Crippen molar-refractivity contribution in [2.45, 2.75) is 19.9 Å². The highest BCUT2D eigenvalue weighted by Crippen LogP contribution is 2.28. The molecule has 0 spiro atoms. The molecule has 2 aromatic heterocycles. The Kier molecular flexibility index (Phi) is 3.13.